The van der Waals surface area contributed by atoms with Crippen molar-refractivity contribution in [2.45, 2.75) is 11.8 Å². The lowest BCUT2D eigenvalue weighted by molar-refractivity contribution is 0.570. The zero-order valence-corrected chi connectivity index (χ0v) is 11.8. The van der Waals surface area contributed by atoms with Crippen LogP contribution in [-0.4, -0.2) is 23.0 Å². The van der Waals surface area contributed by atoms with Crippen molar-refractivity contribution >= 4 is 21.4 Å². The number of fused-ring (bicyclic) bond motifs is 1. The molecule has 21 heavy (non-hydrogen) atoms. The molecule has 1 aromatic carbocycles. The van der Waals surface area contributed by atoms with E-state index in [9.17, 15) is 12.8 Å². The summed E-state index contributed by atoms with van der Waals surface area (Å²) < 4.78 is 42.0. The first-order chi connectivity index (χ1) is 9.99. The molecular weight excluding hydrogens is 295 g/mol. The molecule has 8 heteroatoms. The molecule has 0 atom stereocenters. The number of halogens is 1. The summed E-state index contributed by atoms with van der Waals surface area (Å²) in [5.41, 5.74) is 1.33. The Balaban J connectivity index is 2.08. The second-order valence-corrected chi connectivity index (χ2v) is 6.07. The number of hydrogen-bond acceptors (Lipinski definition) is 4. The number of benzene rings is 1. The number of nitrogens with one attached hydrogen (secondary N) is 1. The molecule has 0 fully saturated rings. The van der Waals surface area contributed by atoms with E-state index in [2.05, 4.69) is 14.8 Å². The third-order valence-electron chi connectivity index (χ3n) is 3.00. The summed E-state index contributed by atoms with van der Waals surface area (Å²) in [7, 11) is -4.05. The predicted octanol–water partition coefficient (Wildman–Crippen LogP) is 1.98. The topological polar surface area (TPSA) is 76.4 Å². The average molecular weight is 306 g/mol. The van der Waals surface area contributed by atoms with Gasteiger partial charge in [-0.25, -0.2) is 22.3 Å². The molecule has 2 heterocycles. The van der Waals surface area contributed by atoms with E-state index in [4.69, 9.17) is 0 Å². The van der Waals surface area contributed by atoms with Crippen molar-refractivity contribution in [2.75, 3.05) is 4.72 Å². The molecular formula is C13H11FN4O2S. The highest BCUT2D eigenvalue weighted by Gasteiger charge is 2.20. The molecule has 6 nitrogen and oxygen atoms in total. The van der Waals surface area contributed by atoms with E-state index in [0.29, 0.717) is 5.52 Å². The SMILES string of the molecule is Cc1ccc2c(NS(=O)(=O)c3ccccc3F)ncnn12. The number of aromatic nitrogens is 3. The predicted molar refractivity (Wildman–Crippen MR) is 74.9 cm³/mol. The summed E-state index contributed by atoms with van der Waals surface area (Å²) in [6, 6.07) is 8.63. The van der Waals surface area contributed by atoms with Crippen molar-refractivity contribution in [2.24, 2.45) is 0 Å². The van der Waals surface area contributed by atoms with Gasteiger partial charge in [0, 0.05) is 5.69 Å². The minimum absolute atomic E-state index is 0.0985. The van der Waals surface area contributed by atoms with E-state index >= 15 is 0 Å². The third kappa shape index (κ3) is 2.33. The van der Waals surface area contributed by atoms with Crippen LogP contribution in [0.15, 0.2) is 47.6 Å². The van der Waals surface area contributed by atoms with E-state index in [0.717, 1.165) is 11.8 Å². The Morgan fingerprint density at radius 3 is 2.71 bits per heavy atom. The van der Waals surface area contributed by atoms with Gasteiger partial charge in [-0.2, -0.15) is 5.10 Å². The Bertz CT molecular complexity index is 921. The maximum Gasteiger partial charge on any atom is 0.266 e. The Morgan fingerprint density at radius 1 is 1.19 bits per heavy atom. The number of aryl methyl sites for hydroxylation is 1. The molecule has 0 aliphatic carbocycles. The Kier molecular flexibility index (Phi) is 3.09. The van der Waals surface area contributed by atoms with E-state index in [1.807, 2.05) is 6.92 Å². The zero-order valence-electron chi connectivity index (χ0n) is 11.0. The summed E-state index contributed by atoms with van der Waals surface area (Å²) in [5.74, 6) is -0.719. The largest absolute Gasteiger partial charge is 0.266 e. The van der Waals surface area contributed by atoms with E-state index < -0.39 is 20.7 Å². The van der Waals surface area contributed by atoms with Crippen molar-refractivity contribution in [3.8, 4) is 0 Å². The summed E-state index contributed by atoms with van der Waals surface area (Å²) in [4.78, 5) is 3.49. The fraction of sp³-hybridized carbons (Fsp3) is 0.0769. The van der Waals surface area contributed by atoms with E-state index in [1.165, 1.54) is 24.5 Å². The van der Waals surface area contributed by atoms with Crippen molar-refractivity contribution in [1.29, 1.82) is 0 Å². The number of nitrogens with zero attached hydrogens (tertiary/aromatic N) is 3. The van der Waals surface area contributed by atoms with Gasteiger partial charge in [0.1, 0.15) is 22.6 Å². The Hall–Kier alpha value is -2.48. The number of sulfonamides is 1. The lowest BCUT2D eigenvalue weighted by Crippen LogP contribution is -2.16. The number of anilines is 1. The summed E-state index contributed by atoms with van der Waals surface area (Å²) in [6.07, 6.45) is 1.24. The van der Waals surface area contributed by atoms with Gasteiger partial charge in [-0.15, -0.1) is 0 Å². The van der Waals surface area contributed by atoms with Gasteiger partial charge >= 0.3 is 0 Å². The van der Waals surface area contributed by atoms with Crippen LogP contribution in [0.1, 0.15) is 5.69 Å². The van der Waals surface area contributed by atoms with Crippen molar-refractivity contribution < 1.29 is 12.8 Å². The quantitative estimate of drug-likeness (QED) is 0.802. The number of rotatable bonds is 3. The normalized spacial score (nSPS) is 11.7. The molecule has 0 spiro atoms. The van der Waals surface area contributed by atoms with Crippen molar-refractivity contribution in [3.05, 3.63) is 54.2 Å². The van der Waals surface area contributed by atoms with Crippen LogP contribution in [0, 0.1) is 12.7 Å². The molecule has 3 aromatic rings. The van der Waals surface area contributed by atoms with E-state index in [1.54, 1.807) is 16.6 Å². The van der Waals surface area contributed by atoms with Crippen LogP contribution in [0.5, 0.6) is 0 Å². The minimum Gasteiger partial charge on any atom is -0.261 e. The van der Waals surface area contributed by atoms with Gasteiger partial charge in [0.15, 0.2) is 5.82 Å². The van der Waals surface area contributed by atoms with Gasteiger partial charge in [0.25, 0.3) is 10.0 Å². The van der Waals surface area contributed by atoms with Crippen LogP contribution < -0.4 is 4.72 Å². The van der Waals surface area contributed by atoms with Gasteiger partial charge in [0.2, 0.25) is 0 Å². The Morgan fingerprint density at radius 2 is 1.95 bits per heavy atom. The van der Waals surface area contributed by atoms with Crippen LogP contribution in [0.2, 0.25) is 0 Å². The summed E-state index contributed by atoms with van der Waals surface area (Å²) in [6.45, 7) is 1.83. The molecule has 0 amide bonds. The molecule has 3 rings (SSSR count). The first kappa shape index (κ1) is 13.5. The van der Waals surface area contributed by atoms with Gasteiger partial charge in [-0.1, -0.05) is 12.1 Å². The van der Waals surface area contributed by atoms with Crippen molar-refractivity contribution in [3.63, 3.8) is 0 Å². The molecule has 0 unspecified atom stereocenters. The van der Waals surface area contributed by atoms with Gasteiger partial charge in [0.05, 0.1) is 0 Å². The van der Waals surface area contributed by atoms with Crippen LogP contribution in [-0.2, 0) is 10.0 Å². The van der Waals surface area contributed by atoms with Crippen LogP contribution in [0.25, 0.3) is 5.52 Å². The first-order valence-corrected chi connectivity index (χ1v) is 7.54. The Labute approximate surface area is 120 Å². The van der Waals surface area contributed by atoms with Gasteiger partial charge in [-0.3, -0.25) is 4.72 Å². The molecule has 0 saturated carbocycles. The zero-order chi connectivity index (χ0) is 15.0. The highest BCUT2D eigenvalue weighted by molar-refractivity contribution is 7.92. The van der Waals surface area contributed by atoms with Crippen LogP contribution in [0.3, 0.4) is 0 Å². The van der Waals surface area contributed by atoms with Crippen LogP contribution >= 0.6 is 0 Å². The fourth-order valence-corrected chi connectivity index (χ4v) is 3.09. The van der Waals surface area contributed by atoms with Crippen LogP contribution in [0.4, 0.5) is 10.2 Å². The monoisotopic (exact) mass is 306 g/mol. The van der Waals surface area contributed by atoms with E-state index in [-0.39, 0.29) is 5.82 Å². The highest BCUT2D eigenvalue weighted by Crippen LogP contribution is 2.21. The molecule has 0 radical (unpaired) electrons. The third-order valence-corrected chi connectivity index (χ3v) is 4.37. The highest BCUT2D eigenvalue weighted by atomic mass is 32.2. The molecule has 108 valence electrons. The first-order valence-electron chi connectivity index (χ1n) is 6.06. The van der Waals surface area contributed by atoms with Crippen molar-refractivity contribution in [1.82, 2.24) is 14.6 Å². The molecule has 0 aliphatic heterocycles. The molecule has 2 aromatic heterocycles. The summed E-state index contributed by atoms with van der Waals surface area (Å²) in [5, 5.41) is 4.02. The lowest BCUT2D eigenvalue weighted by Gasteiger charge is -2.09. The maximum absolute atomic E-state index is 13.6. The standard InChI is InChI=1S/C13H11FN4O2S/c1-9-6-7-11-13(15-8-16-18(9)11)17-21(19,20)12-5-3-2-4-10(12)14/h2-8H,1H3,(H,15,16,17). The number of hydrogen-bond donors (Lipinski definition) is 1. The second-order valence-electron chi connectivity index (χ2n) is 4.42. The molecule has 1 N–H and O–H groups in total. The molecule has 0 aliphatic rings. The lowest BCUT2D eigenvalue weighted by atomic mass is 10.4. The molecule has 0 saturated heterocycles. The maximum atomic E-state index is 13.6. The smallest absolute Gasteiger partial charge is 0.261 e. The second kappa shape index (κ2) is 4.81. The molecule has 0 bridgehead atoms. The van der Waals surface area contributed by atoms with Gasteiger partial charge in [-0.05, 0) is 31.2 Å². The fourth-order valence-electron chi connectivity index (χ4n) is 1.99. The summed E-state index contributed by atoms with van der Waals surface area (Å²) >= 11 is 0. The average Bonchev–Trinajstić information content (AvgIpc) is 2.82. The minimum atomic E-state index is -4.05. The van der Waals surface area contributed by atoms with Gasteiger partial charge < -0.3 is 0 Å².